The molecule has 2 aromatic carbocycles. The molecule has 1 N–H and O–H groups in total. The molecule has 1 heterocycles. The summed E-state index contributed by atoms with van der Waals surface area (Å²) in [6, 6.07) is 10.1. The molecule has 0 unspecified atom stereocenters. The highest BCUT2D eigenvalue weighted by Gasteiger charge is 2.25. The molecule has 0 aliphatic carbocycles. The zero-order valence-electron chi connectivity index (χ0n) is 15.5. The van der Waals surface area contributed by atoms with Crippen LogP contribution in [0.3, 0.4) is 0 Å². The number of anilines is 1. The van der Waals surface area contributed by atoms with Crippen molar-refractivity contribution in [3.63, 3.8) is 0 Å². The first kappa shape index (κ1) is 19.2. The number of rotatable bonds is 6. The first-order valence-corrected chi connectivity index (χ1v) is 9.90. The van der Waals surface area contributed by atoms with E-state index < -0.39 is 10.0 Å². The molecule has 1 amide bonds. The van der Waals surface area contributed by atoms with Crippen LogP contribution in [0.2, 0.25) is 0 Å². The van der Waals surface area contributed by atoms with Gasteiger partial charge in [-0.1, -0.05) is 12.1 Å². The van der Waals surface area contributed by atoms with Gasteiger partial charge in [0.1, 0.15) is 0 Å². The van der Waals surface area contributed by atoms with Crippen molar-refractivity contribution in [3.05, 3.63) is 47.5 Å². The Balaban J connectivity index is 1.89. The van der Waals surface area contributed by atoms with Crippen LogP contribution in [0.5, 0.6) is 11.5 Å². The van der Waals surface area contributed by atoms with E-state index in [0.29, 0.717) is 35.6 Å². The Morgan fingerprint density at radius 3 is 2.59 bits per heavy atom. The molecule has 0 saturated heterocycles. The minimum atomic E-state index is -3.70. The SMILES string of the molecule is COc1cccc(CN(C)S(=O)(=O)c2ccc3c(c2)CCC(=O)N3)c1OC. The van der Waals surface area contributed by atoms with E-state index in [0.717, 1.165) is 5.56 Å². The van der Waals surface area contributed by atoms with Crippen LogP contribution in [-0.4, -0.2) is 39.9 Å². The highest BCUT2D eigenvalue weighted by Crippen LogP contribution is 2.33. The number of fused-ring (bicyclic) bond motifs is 1. The van der Waals surface area contributed by atoms with Crippen LogP contribution in [0.15, 0.2) is 41.3 Å². The van der Waals surface area contributed by atoms with Crippen molar-refractivity contribution in [1.82, 2.24) is 4.31 Å². The van der Waals surface area contributed by atoms with Crippen molar-refractivity contribution in [2.45, 2.75) is 24.3 Å². The maximum Gasteiger partial charge on any atom is 0.243 e. The highest BCUT2D eigenvalue weighted by molar-refractivity contribution is 7.89. The second-order valence-electron chi connectivity index (χ2n) is 6.28. The van der Waals surface area contributed by atoms with Gasteiger partial charge in [-0.2, -0.15) is 4.31 Å². The van der Waals surface area contributed by atoms with Crippen LogP contribution in [0, 0.1) is 0 Å². The lowest BCUT2D eigenvalue weighted by molar-refractivity contribution is -0.116. The lowest BCUT2D eigenvalue weighted by atomic mass is 10.0. The number of para-hydroxylation sites is 1. The van der Waals surface area contributed by atoms with Gasteiger partial charge in [-0.15, -0.1) is 0 Å². The Morgan fingerprint density at radius 2 is 1.89 bits per heavy atom. The van der Waals surface area contributed by atoms with Crippen LogP contribution in [0.1, 0.15) is 17.5 Å². The van der Waals surface area contributed by atoms with Gasteiger partial charge in [-0.3, -0.25) is 4.79 Å². The number of benzene rings is 2. The normalized spacial score (nSPS) is 13.9. The number of amides is 1. The third-order valence-corrected chi connectivity index (χ3v) is 6.36. The summed E-state index contributed by atoms with van der Waals surface area (Å²) in [6.07, 6.45) is 0.880. The summed E-state index contributed by atoms with van der Waals surface area (Å²) in [4.78, 5) is 11.7. The molecule has 8 heteroatoms. The van der Waals surface area contributed by atoms with Crippen LogP contribution < -0.4 is 14.8 Å². The molecule has 144 valence electrons. The zero-order valence-corrected chi connectivity index (χ0v) is 16.3. The van der Waals surface area contributed by atoms with E-state index in [9.17, 15) is 13.2 Å². The minimum absolute atomic E-state index is 0.0552. The van der Waals surface area contributed by atoms with Crippen LogP contribution in [-0.2, 0) is 27.8 Å². The summed E-state index contributed by atoms with van der Waals surface area (Å²) in [5.74, 6) is 1.00. The molecule has 7 nitrogen and oxygen atoms in total. The van der Waals surface area contributed by atoms with Gasteiger partial charge in [-0.25, -0.2) is 8.42 Å². The molecule has 0 fully saturated rings. The first-order chi connectivity index (χ1) is 12.9. The molecular formula is C19H22N2O5S. The van der Waals surface area contributed by atoms with Crippen LogP contribution in [0.4, 0.5) is 5.69 Å². The van der Waals surface area contributed by atoms with Gasteiger partial charge in [0.2, 0.25) is 15.9 Å². The van der Waals surface area contributed by atoms with Crippen molar-refractivity contribution >= 4 is 21.6 Å². The fourth-order valence-corrected chi connectivity index (χ4v) is 4.30. The summed E-state index contributed by atoms with van der Waals surface area (Å²) in [5, 5.41) is 2.76. The van der Waals surface area contributed by atoms with Crippen LogP contribution in [0.25, 0.3) is 0 Å². The third-order valence-electron chi connectivity index (χ3n) is 4.56. The number of carbonyl (C=O) groups excluding carboxylic acids is 1. The Hall–Kier alpha value is -2.58. The number of hydrogen-bond acceptors (Lipinski definition) is 5. The topological polar surface area (TPSA) is 84.9 Å². The Labute approximate surface area is 158 Å². The van der Waals surface area contributed by atoms with Crippen molar-refractivity contribution in [2.75, 3.05) is 26.6 Å². The molecule has 1 aliphatic heterocycles. The number of methoxy groups -OCH3 is 2. The average Bonchev–Trinajstić information content (AvgIpc) is 2.67. The van der Waals surface area contributed by atoms with E-state index in [4.69, 9.17) is 9.47 Å². The maximum absolute atomic E-state index is 13.0. The second-order valence-corrected chi connectivity index (χ2v) is 8.33. The number of hydrogen-bond donors (Lipinski definition) is 1. The van der Waals surface area contributed by atoms with Gasteiger partial charge >= 0.3 is 0 Å². The minimum Gasteiger partial charge on any atom is -0.493 e. The molecule has 0 aromatic heterocycles. The molecule has 0 atom stereocenters. The first-order valence-electron chi connectivity index (χ1n) is 8.46. The number of aryl methyl sites for hydroxylation is 1. The molecule has 1 aliphatic rings. The lowest BCUT2D eigenvalue weighted by Gasteiger charge is -2.22. The predicted molar refractivity (Wildman–Crippen MR) is 102 cm³/mol. The number of carbonyl (C=O) groups is 1. The maximum atomic E-state index is 13.0. The van der Waals surface area contributed by atoms with Gasteiger partial charge in [-0.05, 0) is 36.2 Å². The summed E-state index contributed by atoms with van der Waals surface area (Å²) in [5.41, 5.74) is 2.19. The lowest BCUT2D eigenvalue weighted by Crippen LogP contribution is -2.27. The zero-order chi connectivity index (χ0) is 19.6. The van der Waals surface area contributed by atoms with Gasteiger partial charge in [0.05, 0.1) is 19.1 Å². The largest absolute Gasteiger partial charge is 0.493 e. The molecule has 0 saturated carbocycles. The Kier molecular flexibility index (Phi) is 5.38. The summed E-state index contributed by atoms with van der Waals surface area (Å²) in [7, 11) is 0.876. The van der Waals surface area contributed by atoms with Crippen LogP contribution >= 0.6 is 0 Å². The smallest absolute Gasteiger partial charge is 0.243 e. The van der Waals surface area contributed by atoms with Crippen molar-refractivity contribution < 1.29 is 22.7 Å². The molecule has 2 aromatic rings. The van der Waals surface area contributed by atoms with Gasteiger partial charge in [0.15, 0.2) is 11.5 Å². The quantitative estimate of drug-likeness (QED) is 0.819. The van der Waals surface area contributed by atoms with Crippen molar-refractivity contribution in [1.29, 1.82) is 0 Å². The fourth-order valence-electron chi connectivity index (χ4n) is 3.10. The van der Waals surface area contributed by atoms with Gasteiger partial charge < -0.3 is 14.8 Å². The summed E-state index contributed by atoms with van der Waals surface area (Å²) < 4.78 is 37.9. The van der Waals surface area contributed by atoms with E-state index >= 15 is 0 Å². The Bertz CT molecular complexity index is 972. The molecule has 3 rings (SSSR count). The molecule has 27 heavy (non-hydrogen) atoms. The monoisotopic (exact) mass is 390 g/mol. The van der Waals surface area contributed by atoms with E-state index in [1.54, 1.807) is 30.3 Å². The Morgan fingerprint density at radius 1 is 1.11 bits per heavy atom. The van der Waals surface area contributed by atoms with E-state index in [-0.39, 0.29) is 17.3 Å². The number of ether oxygens (including phenoxy) is 2. The third kappa shape index (κ3) is 3.77. The van der Waals surface area contributed by atoms with E-state index in [1.807, 2.05) is 0 Å². The molecule has 0 bridgehead atoms. The standard InChI is InChI=1S/C19H22N2O5S/c1-21(12-14-5-4-6-17(25-2)19(14)26-3)27(23,24)15-8-9-16-13(11-15)7-10-18(22)20-16/h4-6,8-9,11H,7,10,12H2,1-3H3,(H,20,22). The predicted octanol–water partition coefficient (Wildman–Crippen LogP) is 2.41. The molecular weight excluding hydrogens is 368 g/mol. The second kappa shape index (κ2) is 7.58. The molecule has 0 spiro atoms. The van der Waals surface area contributed by atoms with Crippen molar-refractivity contribution in [2.24, 2.45) is 0 Å². The number of sulfonamides is 1. The van der Waals surface area contributed by atoms with Crippen molar-refractivity contribution in [3.8, 4) is 11.5 Å². The summed E-state index contributed by atoms with van der Waals surface area (Å²) >= 11 is 0. The molecule has 0 radical (unpaired) electrons. The number of nitrogens with one attached hydrogen (secondary N) is 1. The van der Waals surface area contributed by atoms with E-state index in [2.05, 4.69) is 5.32 Å². The fraction of sp³-hybridized carbons (Fsp3) is 0.316. The highest BCUT2D eigenvalue weighted by atomic mass is 32.2. The summed E-state index contributed by atoms with van der Waals surface area (Å²) in [6.45, 7) is 0.135. The number of nitrogens with zero attached hydrogens (tertiary/aromatic N) is 1. The van der Waals surface area contributed by atoms with Gasteiger partial charge in [0.25, 0.3) is 0 Å². The van der Waals surface area contributed by atoms with E-state index in [1.165, 1.54) is 31.6 Å². The average molecular weight is 390 g/mol. The van der Waals surface area contributed by atoms with Gasteiger partial charge in [0, 0.05) is 31.3 Å².